The number of amides is 1. The van der Waals surface area contributed by atoms with Gasteiger partial charge in [-0.15, -0.1) is 0 Å². The maximum atomic E-state index is 11.6. The van der Waals surface area contributed by atoms with Crippen LogP contribution in [-0.2, 0) is 0 Å². The van der Waals surface area contributed by atoms with Crippen molar-refractivity contribution < 1.29 is 20.1 Å². The number of aromatic amines is 1. The van der Waals surface area contributed by atoms with Gasteiger partial charge in [-0.2, -0.15) is 11.8 Å². The number of carbonyl (C=O) groups is 1. The van der Waals surface area contributed by atoms with Gasteiger partial charge >= 0.3 is 11.0 Å². The van der Waals surface area contributed by atoms with Gasteiger partial charge in [0.15, 0.2) is 0 Å². The lowest BCUT2D eigenvalue weighted by Crippen LogP contribution is -2.34. The van der Waals surface area contributed by atoms with Crippen molar-refractivity contribution in [2.45, 2.75) is 25.4 Å². The van der Waals surface area contributed by atoms with Crippen molar-refractivity contribution >= 4 is 39.4 Å². The lowest BCUT2D eigenvalue weighted by molar-refractivity contribution is 0.143. The van der Waals surface area contributed by atoms with Crippen LogP contribution in [0, 0.1) is 0 Å². The molecule has 3 aromatic rings. The standard InChI is InChI=1S/C24H31N3O5S2/c1-16(17-6-3-2-4-7-17)15-27(24(31)32)11-5-12-33-13-10-25-14-20(29)18-8-9-19(28)21-22(18)34-23(30)26-21/h2-4,6-9,16,20,25,28-29H,5,10-15H2,1H3,(H,26,30)(H,31,32)/t16?,20-/m1/s1. The summed E-state index contributed by atoms with van der Waals surface area (Å²) in [6, 6.07) is 13.0. The molecule has 0 saturated carbocycles. The molecule has 0 aliphatic heterocycles. The summed E-state index contributed by atoms with van der Waals surface area (Å²) < 4.78 is 0.568. The number of H-pyrrole nitrogens is 1. The van der Waals surface area contributed by atoms with Gasteiger partial charge in [-0.25, -0.2) is 4.79 Å². The number of aliphatic hydroxyl groups excluding tert-OH is 1. The smallest absolute Gasteiger partial charge is 0.407 e. The van der Waals surface area contributed by atoms with Gasteiger partial charge in [-0.05, 0) is 29.7 Å². The summed E-state index contributed by atoms with van der Waals surface area (Å²) >= 11 is 2.71. The first kappa shape index (κ1) is 26.1. The summed E-state index contributed by atoms with van der Waals surface area (Å²) in [7, 11) is 0. The second-order valence-electron chi connectivity index (χ2n) is 8.12. The number of thioether (sulfide) groups is 1. The normalized spacial score (nSPS) is 13.1. The molecule has 0 saturated heterocycles. The number of nitrogens with one attached hydrogen (secondary N) is 2. The van der Waals surface area contributed by atoms with Gasteiger partial charge in [0.1, 0.15) is 11.3 Å². The van der Waals surface area contributed by atoms with Crippen molar-refractivity contribution in [3.8, 4) is 5.75 Å². The van der Waals surface area contributed by atoms with E-state index in [1.54, 1.807) is 17.8 Å². The number of aliphatic hydroxyl groups is 1. The van der Waals surface area contributed by atoms with Crippen LogP contribution in [0.3, 0.4) is 0 Å². The van der Waals surface area contributed by atoms with E-state index in [2.05, 4.69) is 10.3 Å². The lowest BCUT2D eigenvalue weighted by atomic mass is 10.0. The van der Waals surface area contributed by atoms with Gasteiger partial charge in [0.25, 0.3) is 0 Å². The molecule has 2 atom stereocenters. The van der Waals surface area contributed by atoms with Crippen molar-refractivity contribution in [1.82, 2.24) is 15.2 Å². The van der Waals surface area contributed by atoms with Gasteiger partial charge in [0.05, 0.1) is 10.8 Å². The fraction of sp³-hybridized carbons (Fsp3) is 0.417. The monoisotopic (exact) mass is 505 g/mol. The molecule has 0 radical (unpaired) electrons. The Labute approximate surface area is 206 Å². The third-order valence-corrected chi connectivity index (χ3v) is 7.56. The zero-order valence-electron chi connectivity index (χ0n) is 19.1. The van der Waals surface area contributed by atoms with Crippen molar-refractivity contribution in [3.05, 3.63) is 63.3 Å². The minimum atomic E-state index is -0.890. The zero-order valence-corrected chi connectivity index (χ0v) is 20.7. The summed E-state index contributed by atoms with van der Waals surface area (Å²) in [6.45, 7) is 4.04. The van der Waals surface area contributed by atoms with E-state index in [1.165, 1.54) is 11.0 Å². The molecule has 184 valence electrons. The minimum Gasteiger partial charge on any atom is -0.506 e. The van der Waals surface area contributed by atoms with Gasteiger partial charge in [0.2, 0.25) is 0 Å². The average Bonchev–Trinajstić information content (AvgIpc) is 3.22. The SMILES string of the molecule is CC(CN(CCCSCCNC[C@@H](O)c1ccc(O)c2[nH]c(=O)sc12)C(=O)O)c1ccccc1. The molecule has 0 fully saturated rings. The molecule has 1 amide bonds. The number of fused-ring (bicyclic) bond motifs is 1. The lowest BCUT2D eigenvalue weighted by Gasteiger charge is -2.23. The first-order valence-electron chi connectivity index (χ1n) is 11.2. The highest BCUT2D eigenvalue weighted by molar-refractivity contribution is 7.99. The van der Waals surface area contributed by atoms with E-state index in [4.69, 9.17) is 0 Å². The molecule has 5 N–H and O–H groups in total. The number of phenols is 1. The van der Waals surface area contributed by atoms with Crippen molar-refractivity contribution in [2.75, 3.05) is 37.7 Å². The molecule has 10 heteroatoms. The number of aromatic hydroxyl groups is 1. The molecule has 0 aliphatic carbocycles. The fourth-order valence-electron chi connectivity index (χ4n) is 3.74. The highest BCUT2D eigenvalue weighted by Crippen LogP contribution is 2.31. The Morgan fingerprint density at radius 1 is 1.21 bits per heavy atom. The number of carboxylic acid groups (broad SMARTS) is 1. The minimum absolute atomic E-state index is 0.00959. The maximum absolute atomic E-state index is 11.6. The number of aromatic nitrogens is 1. The van der Waals surface area contributed by atoms with Crippen LogP contribution in [0.5, 0.6) is 5.75 Å². The largest absolute Gasteiger partial charge is 0.506 e. The van der Waals surface area contributed by atoms with Crippen molar-refractivity contribution in [2.24, 2.45) is 0 Å². The van der Waals surface area contributed by atoms with Gasteiger partial charge < -0.3 is 30.5 Å². The molecule has 0 aliphatic rings. The molecular formula is C24H31N3O5S2. The Hall–Kier alpha value is -2.53. The molecule has 1 unspecified atom stereocenters. The number of hydrogen-bond acceptors (Lipinski definition) is 7. The number of hydrogen-bond donors (Lipinski definition) is 5. The van der Waals surface area contributed by atoms with E-state index in [0.717, 1.165) is 34.8 Å². The zero-order chi connectivity index (χ0) is 24.5. The molecule has 1 heterocycles. The van der Waals surface area contributed by atoms with Crippen LogP contribution in [-0.4, -0.2) is 69.0 Å². The van der Waals surface area contributed by atoms with E-state index >= 15 is 0 Å². The summed E-state index contributed by atoms with van der Waals surface area (Å²) in [5.41, 5.74) is 2.10. The summed E-state index contributed by atoms with van der Waals surface area (Å²) in [5.74, 6) is 1.82. The molecule has 1 aromatic heterocycles. The third kappa shape index (κ3) is 7.23. The molecule has 2 aromatic carbocycles. The predicted octanol–water partition coefficient (Wildman–Crippen LogP) is 3.83. The average molecular weight is 506 g/mol. The van der Waals surface area contributed by atoms with Crippen molar-refractivity contribution in [3.63, 3.8) is 0 Å². The van der Waals surface area contributed by atoms with Crippen LogP contribution in [0.15, 0.2) is 47.3 Å². The molecule has 34 heavy (non-hydrogen) atoms. The third-order valence-electron chi connectivity index (χ3n) is 5.56. The Morgan fingerprint density at radius 2 is 1.97 bits per heavy atom. The first-order chi connectivity index (χ1) is 16.4. The predicted molar refractivity (Wildman–Crippen MR) is 138 cm³/mol. The van der Waals surface area contributed by atoms with Crippen LogP contribution in [0.4, 0.5) is 4.79 Å². The molecular weight excluding hydrogens is 474 g/mol. The molecule has 0 bridgehead atoms. The maximum Gasteiger partial charge on any atom is 0.407 e. The van der Waals surface area contributed by atoms with Crippen LogP contribution in [0.25, 0.3) is 10.2 Å². The summed E-state index contributed by atoms with van der Waals surface area (Å²) in [6.07, 6.45) is -0.909. The molecule has 3 rings (SSSR count). The molecule has 0 spiro atoms. The quantitative estimate of drug-likeness (QED) is 0.224. The van der Waals surface area contributed by atoms with E-state index in [9.17, 15) is 24.9 Å². The highest BCUT2D eigenvalue weighted by atomic mass is 32.2. The first-order valence-corrected chi connectivity index (χ1v) is 13.2. The Kier molecular flexibility index (Phi) is 9.82. The Bertz CT molecular complexity index is 1120. The van der Waals surface area contributed by atoms with Crippen LogP contribution in [0.1, 0.15) is 36.5 Å². The molecule has 8 nitrogen and oxygen atoms in total. The van der Waals surface area contributed by atoms with Gasteiger partial charge in [-0.1, -0.05) is 54.7 Å². The fourth-order valence-corrected chi connectivity index (χ4v) is 5.48. The van der Waals surface area contributed by atoms with E-state index in [-0.39, 0.29) is 16.5 Å². The Morgan fingerprint density at radius 3 is 2.71 bits per heavy atom. The van der Waals surface area contributed by atoms with Crippen LogP contribution < -0.4 is 10.2 Å². The number of nitrogens with zero attached hydrogens (tertiary/aromatic N) is 1. The summed E-state index contributed by atoms with van der Waals surface area (Å²) in [5, 5.41) is 33.1. The van der Waals surface area contributed by atoms with E-state index in [1.807, 2.05) is 37.3 Å². The van der Waals surface area contributed by atoms with E-state index < -0.39 is 12.2 Å². The number of thiazole rings is 1. The highest BCUT2D eigenvalue weighted by Gasteiger charge is 2.17. The Balaban J connectivity index is 1.33. The van der Waals surface area contributed by atoms with Crippen LogP contribution >= 0.6 is 23.1 Å². The second kappa shape index (κ2) is 12.8. The number of benzene rings is 2. The summed E-state index contributed by atoms with van der Waals surface area (Å²) in [4.78, 5) is 27.0. The van der Waals surface area contributed by atoms with Crippen LogP contribution in [0.2, 0.25) is 0 Å². The second-order valence-corrected chi connectivity index (χ2v) is 10.3. The number of phenolic OH excluding ortho intramolecular Hbond substituents is 1. The van der Waals surface area contributed by atoms with E-state index in [0.29, 0.717) is 42.0 Å². The van der Waals surface area contributed by atoms with Crippen molar-refractivity contribution in [1.29, 1.82) is 0 Å². The topological polar surface area (TPSA) is 126 Å². The van der Waals surface area contributed by atoms with Gasteiger partial charge in [-0.3, -0.25) is 4.79 Å². The van der Waals surface area contributed by atoms with Gasteiger partial charge in [0, 0.05) is 37.5 Å². The number of rotatable bonds is 13.